The van der Waals surface area contributed by atoms with Gasteiger partial charge in [-0.2, -0.15) is 0 Å². The summed E-state index contributed by atoms with van der Waals surface area (Å²) in [4.78, 5) is 12.1. The molecule has 0 aromatic heterocycles. The van der Waals surface area contributed by atoms with E-state index < -0.39 is 0 Å². The molecule has 0 unspecified atom stereocenters. The lowest BCUT2D eigenvalue weighted by atomic mass is 9.78. The van der Waals surface area contributed by atoms with Crippen LogP contribution in [0.2, 0.25) is 0 Å². The third-order valence-corrected chi connectivity index (χ3v) is 4.50. The van der Waals surface area contributed by atoms with Crippen molar-refractivity contribution in [1.82, 2.24) is 5.32 Å². The minimum Gasteiger partial charge on any atom is -0.507 e. The number of nitrogens with one attached hydrogen (secondary N) is 1. The van der Waals surface area contributed by atoms with Crippen molar-refractivity contribution >= 4 is 21.8 Å². The third kappa shape index (κ3) is 2.32. The number of rotatable bonds is 3. The predicted octanol–water partition coefficient (Wildman–Crippen LogP) is 2.75. The summed E-state index contributed by atoms with van der Waals surface area (Å²) in [6.45, 7) is 1.79. The van der Waals surface area contributed by atoms with Crippen molar-refractivity contribution in [2.24, 2.45) is 0 Å². The number of amides is 1. The summed E-state index contributed by atoms with van der Waals surface area (Å²) >= 11 is 3.44. The Kier molecular flexibility index (Phi) is 3.43. The van der Waals surface area contributed by atoms with Gasteiger partial charge in [-0.1, -0.05) is 28.1 Å². The standard InChI is InChI=1S/C13H16BrNO2/c1-9-4-2-5-10(11(9)16)12(17)15-13(8-14)6-3-7-13/h2,4-5,16H,3,6-8H2,1H3,(H,15,17). The Balaban J connectivity index is 2.17. The summed E-state index contributed by atoms with van der Waals surface area (Å²) in [6.07, 6.45) is 3.14. The normalized spacial score (nSPS) is 17.3. The van der Waals surface area contributed by atoms with Crippen LogP contribution in [0.5, 0.6) is 5.75 Å². The number of phenols is 1. The van der Waals surface area contributed by atoms with Crippen LogP contribution in [-0.2, 0) is 0 Å². The van der Waals surface area contributed by atoms with Crippen LogP contribution < -0.4 is 5.32 Å². The molecule has 1 aliphatic carbocycles. The Morgan fingerprint density at radius 2 is 2.24 bits per heavy atom. The average Bonchev–Trinajstić information content (AvgIpc) is 2.27. The van der Waals surface area contributed by atoms with Crippen LogP contribution >= 0.6 is 15.9 Å². The van der Waals surface area contributed by atoms with Crippen molar-refractivity contribution in [2.45, 2.75) is 31.7 Å². The Morgan fingerprint density at radius 3 is 2.76 bits per heavy atom. The molecule has 92 valence electrons. The zero-order valence-corrected chi connectivity index (χ0v) is 11.4. The third-order valence-electron chi connectivity index (χ3n) is 3.43. The molecule has 0 spiro atoms. The highest BCUT2D eigenvalue weighted by molar-refractivity contribution is 9.09. The second-order valence-corrected chi connectivity index (χ2v) is 5.25. The Labute approximate surface area is 109 Å². The summed E-state index contributed by atoms with van der Waals surface area (Å²) < 4.78 is 0. The lowest BCUT2D eigenvalue weighted by Gasteiger charge is -2.41. The van der Waals surface area contributed by atoms with Gasteiger partial charge < -0.3 is 10.4 Å². The zero-order valence-electron chi connectivity index (χ0n) is 9.79. The molecule has 0 radical (unpaired) electrons. The number of aryl methyl sites for hydroxylation is 1. The number of carbonyl (C=O) groups is 1. The molecule has 2 rings (SSSR count). The minimum atomic E-state index is -0.189. The Bertz CT molecular complexity index is 436. The van der Waals surface area contributed by atoms with Gasteiger partial charge in [0.15, 0.2) is 0 Å². The van der Waals surface area contributed by atoms with E-state index in [0.29, 0.717) is 5.56 Å². The van der Waals surface area contributed by atoms with E-state index in [4.69, 9.17) is 0 Å². The van der Waals surface area contributed by atoms with Gasteiger partial charge in [-0.3, -0.25) is 4.79 Å². The lowest BCUT2D eigenvalue weighted by Crippen LogP contribution is -2.54. The highest BCUT2D eigenvalue weighted by Gasteiger charge is 2.37. The summed E-state index contributed by atoms with van der Waals surface area (Å²) in [5, 5.41) is 13.6. The first-order valence-corrected chi connectivity index (χ1v) is 6.87. The van der Waals surface area contributed by atoms with Crippen LogP contribution in [0, 0.1) is 6.92 Å². The second kappa shape index (κ2) is 4.69. The maximum Gasteiger partial charge on any atom is 0.255 e. The molecule has 3 nitrogen and oxygen atoms in total. The first kappa shape index (κ1) is 12.4. The van der Waals surface area contributed by atoms with Crippen molar-refractivity contribution in [3.05, 3.63) is 29.3 Å². The first-order chi connectivity index (χ1) is 8.08. The van der Waals surface area contributed by atoms with E-state index >= 15 is 0 Å². The van der Waals surface area contributed by atoms with Crippen LogP contribution in [0.3, 0.4) is 0 Å². The maximum atomic E-state index is 12.1. The molecule has 1 fully saturated rings. The van der Waals surface area contributed by atoms with Crippen LogP contribution in [0.15, 0.2) is 18.2 Å². The second-order valence-electron chi connectivity index (χ2n) is 4.69. The van der Waals surface area contributed by atoms with Crippen molar-refractivity contribution in [3.63, 3.8) is 0 Å². The average molecular weight is 298 g/mol. The van der Waals surface area contributed by atoms with E-state index in [2.05, 4.69) is 21.2 Å². The molecule has 4 heteroatoms. The van der Waals surface area contributed by atoms with Crippen molar-refractivity contribution < 1.29 is 9.90 Å². The van der Waals surface area contributed by atoms with Gasteiger partial charge in [-0.05, 0) is 37.8 Å². The van der Waals surface area contributed by atoms with Gasteiger partial charge >= 0.3 is 0 Å². The summed E-state index contributed by atoms with van der Waals surface area (Å²) in [5.41, 5.74) is 0.962. The smallest absolute Gasteiger partial charge is 0.255 e. The molecular formula is C13H16BrNO2. The Morgan fingerprint density at radius 1 is 1.53 bits per heavy atom. The predicted molar refractivity (Wildman–Crippen MR) is 70.7 cm³/mol. The fraction of sp³-hybridized carbons (Fsp3) is 0.462. The largest absolute Gasteiger partial charge is 0.507 e. The molecular weight excluding hydrogens is 282 g/mol. The highest BCUT2D eigenvalue weighted by Crippen LogP contribution is 2.34. The monoisotopic (exact) mass is 297 g/mol. The van der Waals surface area contributed by atoms with Gasteiger partial charge in [-0.25, -0.2) is 0 Å². The molecule has 0 bridgehead atoms. The molecule has 0 saturated heterocycles. The van der Waals surface area contributed by atoms with E-state index in [1.807, 2.05) is 0 Å². The number of para-hydroxylation sites is 1. The summed E-state index contributed by atoms with van der Waals surface area (Å²) in [6, 6.07) is 5.22. The van der Waals surface area contributed by atoms with Crippen LogP contribution in [-0.4, -0.2) is 21.9 Å². The van der Waals surface area contributed by atoms with Crippen molar-refractivity contribution in [2.75, 3.05) is 5.33 Å². The van der Waals surface area contributed by atoms with Crippen LogP contribution in [0.4, 0.5) is 0 Å². The highest BCUT2D eigenvalue weighted by atomic mass is 79.9. The molecule has 0 aliphatic heterocycles. The molecule has 2 N–H and O–H groups in total. The van der Waals surface area contributed by atoms with Gasteiger partial charge in [0, 0.05) is 5.33 Å². The molecule has 1 aromatic carbocycles. The first-order valence-electron chi connectivity index (χ1n) is 5.75. The molecule has 0 heterocycles. The molecule has 1 saturated carbocycles. The van der Waals surface area contributed by atoms with E-state index in [1.165, 1.54) is 0 Å². The number of halogens is 1. The molecule has 1 aromatic rings. The van der Waals surface area contributed by atoms with Crippen LogP contribution in [0.1, 0.15) is 35.2 Å². The molecule has 0 atom stereocenters. The number of hydrogen-bond acceptors (Lipinski definition) is 2. The fourth-order valence-corrected chi connectivity index (χ4v) is 2.75. The zero-order chi connectivity index (χ0) is 12.5. The quantitative estimate of drug-likeness (QED) is 0.843. The Hall–Kier alpha value is -1.03. The number of benzene rings is 1. The van der Waals surface area contributed by atoms with Crippen molar-refractivity contribution in [1.29, 1.82) is 0 Å². The summed E-state index contributed by atoms with van der Waals surface area (Å²) in [7, 11) is 0. The lowest BCUT2D eigenvalue weighted by molar-refractivity contribution is 0.0853. The van der Waals surface area contributed by atoms with Gasteiger partial charge in [0.25, 0.3) is 5.91 Å². The van der Waals surface area contributed by atoms with E-state index in [9.17, 15) is 9.90 Å². The minimum absolute atomic E-state index is 0.0778. The number of alkyl halides is 1. The molecule has 1 aliphatic rings. The van der Waals surface area contributed by atoms with Crippen LogP contribution in [0.25, 0.3) is 0 Å². The molecule has 1 amide bonds. The number of phenolic OH excluding ortho intramolecular Hbond substituents is 1. The number of hydrogen-bond donors (Lipinski definition) is 2. The topological polar surface area (TPSA) is 49.3 Å². The summed E-state index contributed by atoms with van der Waals surface area (Å²) in [5.74, 6) is -0.112. The fourth-order valence-electron chi connectivity index (χ4n) is 2.05. The van der Waals surface area contributed by atoms with E-state index in [0.717, 1.165) is 30.2 Å². The SMILES string of the molecule is Cc1cccc(C(=O)NC2(CBr)CCC2)c1O. The van der Waals surface area contributed by atoms with Gasteiger partial charge in [0.1, 0.15) is 5.75 Å². The maximum absolute atomic E-state index is 12.1. The van der Waals surface area contributed by atoms with Gasteiger partial charge in [0.2, 0.25) is 0 Å². The van der Waals surface area contributed by atoms with Gasteiger partial charge in [-0.15, -0.1) is 0 Å². The van der Waals surface area contributed by atoms with Gasteiger partial charge in [0.05, 0.1) is 11.1 Å². The molecule has 17 heavy (non-hydrogen) atoms. The van der Waals surface area contributed by atoms with E-state index in [-0.39, 0.29) is 17.2 Å². The van der Waals surface area contributed by atoms with Crippen molar-refractivity contribution in [3.8, 4) is 5.75 Å². The number of carbonyl (C=O) groups excluding carboxylic acids is 1. The number of aromatic hydroxyl groups is 1. The van der Waals surface area contributed by atoms with E-state index in [1.54, 1.807) is 25.1 Å².